The SMILES string of the molecule is CC(C)Nc1ccc(NC(=O)N(S)c2ccc(NC(C)C)cc2)cc1. The number of carbonyl (C=O) groups is 1. The zero-order chi connectivity index (χ0) is 18.4. The number of hydrogen-bond donors (Lipinski definition) is 4. The van der Waals surface area contributed by atoms with E-state index >= 15 is 0 Å². The Morgan fingerprint density at radius 1 is 0.800 bits per heavy atom. The molecule has 25 heavy (non-hydrogen) atoms. The third-order valence-electron chi connectivity index (χ3n) is 3.35. The molecule has 0 heterocycles. The molecule has 0 spiro atoms. The molecule has 0 saturated carbocycles. The van der Waals surface area contributed by atoms with Crippen molar-refractivity contribution >= 4 is 41.6 Å². The summed E-state index contributed by atoms with van der Waals surface area (Å²) >= 11 is 4.30. The van der Waals surface area contributed by atoms with Crippen molar-refractivity contribution in [2.75, 3.05) is 20.3 Å². The van der Waals surface area contributed by atoms with Gasteiger partial charge >= 0.3 is 6.03 Å². The molecule has 134 valence electrons. The summed E-state index contributed by atoms with van der Waals surface area (Å²) in [6, 6.07) is 15.6. The molecule has 0 aromatic heterocycles. The first kappa shape index (κ1) is 19.0. The predicted molar refractivity (Wildman–Crippen MR) is 111 cm³/mol. The van der Waals surface area contributed by atoms with Crippen LogP contribution in [0.4, 0.5) is 27.5 Å². The molecule has 3 N–H and O–H groups in total. The molecular weight excluding hydrogens is 332 g/mol. The Labute approximate surface area is 155 Å². The van der Waals surface area contributed by atoms with Crippen LogP contribution >= 0.6 is 12.8 Å². The molecule has 0 bridgehead atoms. The van der Waals surface area contributed by atoms with Crippen LogP contribution in [0.25, 0.3) is 0 Å². The van der Waals surface area contributed by atoms with E-state index in [9.17, 15) is 4.79 Å². The largest absolute Gasteiger partial charge is 0.383 e. The van der Waals surface area contributed by atoms with Crippen LogP contribution in [-0.4, -0.2) is 18.1 Å². The lowest BCUT2D eigenvalue weighted by atomic mass is 10.2. The Morgan fingerprint density at radius 2 is 1.20 bits per heavy atom. The number of anilines is 4. The van der Waals surface area contributed by atoms with Gasteiger partial charge in [0, 0.05) is 29.1 Å². The summed E-state index contributed by atoms with van der Waals surface area (Å²) in [6.07, 6.45) is 0. The molecule has 0 aliphatic rings. The molecule has 5 nitrogen and oxygen atoms in total. The molecule has 0 unspecified atom stereocenters. The Bertz CT molecular complexity index is 684. The fraction of sp³-hybridized carbons (Fsp3) is 0.316. The molecule has 2 rings (SSSR count). The summed E-state index contributed by atoms with van der Waals surface area (Å²) in [6.45, 7) is 8.31. The lowest BCUT2D eigenvalue weighted by Crippen LogP contribution is -2.26. The van der Waals surface area contributed by atoms with E-state index in [1.807, 2.05) is 48.5 Å². The van der Waals surface area contributed by atoms with Gasteiger partial charge in [-0.3, -0.25) is 0 Å². The predicted octanol–water partition coefficient (Wildman–Crippen LogP) is 5.21. The van der Waals surface area contributed by atoms with Crippen molar-refractivity contribution in [2.24, 2.45) is 0 Å². The van der Waals surface area contributed by atoms with Gasteiger partial charge in [-0.25, -0.2) is 9.10 Å². The fourth-order valence-corrected chi connectivity index (χ4v) is 2.49. The first-order valence-electron chi connectivity index (χ1n) is 8.38. The van der Waals surface area contributed by atoms with Gasteiger partial charge in [-0.05, 0) is 76.2 Å². The minimum atomic E-state index is -0.308. The van der Waals surface area contributed by atoms with Crippen LogP contribution in [0.1, 0.15) is 27.7 Å². The molecule has 0 aliphatic heterocycles. The van der Waals surface area contributed by atoms with E-state index in [4.69, 9.17) is 0 Å². The zero-order valence-electron chi connectivity index (χ0n) is 15.1. The Morgan fingerprint density at radius 3 is 1.64 bits per heavy atom. The topological polar surface area (TPSA) is 56.4 Å². The summed E-state index contributed by atoms with van der Waals surface area (Å²) in [5, 5.41) is 9.45. The summed E-state index contributed by atoms with van der Waals surface area (Å²) < 4.78 is 1.29. The fourth-order valence-electron chi connectivity index (χ4n) is 2.31. The molecule has 0 atom stereocenters. The van der Waals surface area contributed by atoms with Gasteiger partial charge in [0.05, 0.1) is 5.69 Å². The molecule has 2 amide bonds. The number of rotatable bonds is 6. The standard InChI is InChI=1S/C19H26N4OS/c1-13(2)20-15-5-7-17(8-6-15)22-19(24)23(25)18-11-9-16(10-12-18)21-14(3)4/h5-14,20-21,25H,1-4H3,(H,22,24). The summed E-state index contributed by atoms with van der Waals surface area (Å²) in [4.78, 5) is 12.3. The summed E-state index contributed by atoms with van der Waals surface area (Å²) in [5.41, 5.74) is 3.45. The van der Waals surface area contributed by atoms with Crippen LogP contribution in [0.5, 0.6) is 0 Å². The molecular formula is C19H26N4OS. The Hall–Kier alpha value is -2.34. The minimum Gasteiger partial charge on any atom is -0.383 e. The maximum absolute atomic E-state index is 12.3. The average molecular weight is 359 g/mol. The zero-order valence-corrected chi connectivity index (χ0v) is 16.0. The first-order chi connectivity index (χ1) is 11.8. The van der Waals surface area contributed by atoms with Gasteiger partial charge in [0.1, 0.15) is 0 Å². The summed E-state index contributed by atoms with van der Waals surface area (Å²) in [5.74, 6) is 0. The second-order valence-electron chi connectivity index (χ2n) is 6.46. The molecule has 0 fully saturated rings. The Balaban J connectivity index is 1.97. The normalized spacial score (nSPS) is 10.7. The van der Waals surface area contributed by atoms with Crippen LogP contribution < -0.4 is 20.3 Å². The van der Waals surface area contributed by atoms with Crippen LogP contribution in [0.3, 0.4) is 0 Å². The second-order valence-corrected chi connectivity index (χ2v) is 6.86. The number of carbonyl (C=O) groups excluding carboxylic acids is 1. The molecule has 0 saturated heterocycles. The number of nitrogens with zero attached hydrogens (tertiary/aromatic N) is 1. The van der Waals surface area contributed by atoms with Gasteiger partial charge in [-0.1, -0.05) is 12.8 Å². The summed E-state index contributed by atoms with van der Waals surface area (Å²) in [7, 11) is 0. The van der Waals surface area contributed by atoms with Crippen molar-refractivity contribution < 1.29 is 4.79 Å². The van der Waals surface area contributed by atoms with Crippen LogP contribution in [0.2, 0.25) is 0 Å². The number of urea groups is 1. The highest BCUT2D eigenvalue weighted by atomic mass is 32.1. The van der Waals surface area contributed by atoms with E-state index in [1.165, 1.54) is 4.31 Å². The maximum atomic E-state index is 12.3. The van der Waals surface area contributed by atoms with E-state index in [-0.39, 0.29) is 6.03 Å². The monoisotopic (exact) mass is 358 g/mol. The second kappa shape index (κ2) is 8.67. The van der Waals surface area contributed by atoms with E-state index in [2.05, 4.69) is 56.5 Å². The van der Waals surface area contributed by atoms with Gasteiger partial charge in [0.2, 0.25) is 0 Å². The van der Waals surface area contributed by atoms with Gasteiger partial charge in [0.25, 0.3) is 0 Å². The number of thiol groups is 1. The van der Waals surface area contributed by atoms with Crippen molar-refractivity contribution in [3.8, 4) is 0 Å². The third-order valence-corrected chi connectivity index (χ3v) is 3.76. The van der Waals surface area contributed by atoms with Crippen molar-refractivity contribution in [1.29, 1.82) is 0 Å². The molecule has 0 aliphatic carbocycles. The highest BCUT2D eigenvalue weighted by Gasteiger charge is 2.12. The molecule has 6 heteroatoms. The van der Waals surface area contributed by atoms with Crippen LogP contribution in [0, 0.1) is 0 Å². The number of hydrogen-bond acceptors (Lipinski definition) is 4. The molecule has 2 aromatic carbocycles. The average Bonchev–Trinajstić information content (AvgIpc) is 2.55. The highest BCUT2D eigenvalue weighted by molar-refractivity contribution is 7.82. The Kier molecular flexibility index (Phi) is 6.58. The smallest absolute Gasteiger partial charge is 0.336 e. The third kappa shape index (κ3) is 5.90. The van der Waals surface area contributed by atoms with Gasteiger partial charge in [-0.15, -0.1) is 0 Å². The van der Waals surface area contributed by atoms with Crippen LogP contribution in [0.15, 0.2) is 48.5 Å². The van der Waals surface area contributed by atoms with E-state index in [0.29, 0.717) is 17.8 Å². The quantitative estimate of drug-likeness (QED) is 0.536. The van der Waals surface area contributed by atoms with Crippen molar-refractivity contribution in [3.05, 3.63) is 48.5 Å². The van der Waals surface area contributed by atoms with Crippen molar-refractivity contribution in [2.45, 2.75) is 39.8 Å². The first-order valence-corrected chi connectivity index (χ1v) is 8.78. The lowest BCUT2D eigenvalue weighted by molar-refractivity contribution is 0.260. The van der Waals surface area contributed by atoms with Gasteiger partial charge in [-0.2, -0.15) is 0 Å². The number of nitrogens with one attached hydrogen (secondary N) is 3. The van der Waals surface area contributed by atoms with E-state index in [0.717, 1.165) is 17.1 Å². The van der Waals surface area contributed by atoms with E-state index < -0.39 is 0 Å². The number of amides is 2. The molecule has 0 radical (unpaired) electrons. The van der Waals surface area contributed by atoms with Crippen LogP contribution in [-0.2, 0) is 0 Å². The van der Waals surface area contributed by atoms with Gasteiger partial charge < -0.3 is 16.0 Å². The highest BCUT2D eigenvalue weighted by Crippen LogP contribution is 2.22. The minimum absolute atomic E-state index is 0.308. The van der Waals surface area contributed by atoms with E-state index in [1.54, 1.807) is 0 Å². The van der Waals surface area contributed by atoms with Gasteiger partial charge in [0.15, 0.2) is 0 Å². The maximum Gasteiger partial charge on any atom is 0.336 e. The number of benzene rings is 2. The van der Waals surface area contributed by atoms with Crippen molar-refractivity contribution in [1.82, 2.24) is 0 Å². The van der Waals surface area contributed by atoms with Crippen molar-refractivity contribution in [3.63, 3.8) is 0 Å². The molecule has 2 aromatic rings. The lowest BCUT2D eigenvalue weighted by Gasteiger charge is -2.18.